The van der Waals surface area contributed by atoms with Crippen LogP contribution < -0.4 is 11.3 Å². The van der Waals surface area contributed by atoms with E-state index in [9.17, 15) is 4.79 Å². The summed E-state index contributed by atoms with van der Waals surface area (Å²) in [7, 11) is 0. The van der Waals surface area contributed by atoms with Gasteiger partial charge in [0, 0.05) is 12.4 Å². The molecule has 2 aromatic heterocycles. The van der Waals surface area contributed by atoms with E-state index in [4.69, 9.17) is 10.9 Å². The first-order valence-electron chi connectivity index (χ1n) is 4.84. The number of hydrogen-bond acceptors (Lipinski definition) is 4. The number of nitrogens with two attached hydrogens (primary N) is 1. The van der Waals surface area contributed by atoms with Crippen molar-refractivity contribution >= 4 is 5.84 Å². The van der Waals surface area contributed by atoms with Crippen molar-refractivity contribution in [3.05, 3.63) is 58.8 Å². The zero-order valence-corrected chi connectivity index (χ0v) is 8.82. The van der Waals surface area contributed by atoms with Crippen LogP contribution in [0, 0.1) is 0 Å². The monoisotopic (exact) mass is 230 g/mol. The standard InChI is InChI=1S/C11H10N4O2/c12-10(14-17)9-4-2-6-15(11(9)16)8-3-1-5-13-7-8/h1-7,17H,(H2,12,14). The van der Waals surface area contributed by atoms with Gasteiger partial charge in [0.15, 0.2) is 5.84 Å². The highest BCUT2D eigenvalue weighted by Crippen LogP contribution is 2.02. The Bertz CT molecular complexity index is 604. The molecule has 0 spiro atoms. The van der Waals surface area contributed by atoms with E-state index in [1.54, 1.807) is 36.8 Å². The maximum atomic E-state index is 12.0. The van der Waals surface area contributed by atoms with Gasteiger partial charge in [-0.1, -0.05) is 5.16 Å². The number of oxime groups is 1. The van der Waals surface area contributed by atoms with Crippen molar-refractivity contribution in [2.24, 2.45) is 10.9 Å². The van der Waals surface area contributed by atoms with Crippen LogP contribution in [-0.2, 0) is 0 Å². The van der Waals surface area contributed by atoms with Crippen LogP contribution in [0.25, 0.3) is 5.69 Å². The first-order chi connectivity index (χ1) is 8.24. The van der Waals surface area contributed by atoms with Crippen LogP contribution in [0.15, 0.2) is 52.8 Å². The van der Waals surface area contributed by atoms with Gasteiger partial charge in [-0.15, -0.1) is 0 Å². The van der Waals surface area contributed by atoms with Crippen molar-refractivity contribution in [2.75, 3.05) is 0 Å². The van der Waals surface area contributed by atoms with Crippen LogP contribution in [0.2, 0.25) is 0 Å². The molecular formula is C11H10N4O2. The van der Waals surface area contributed by atoms with Crippen LogP contribution in [0.4, 0.5) is 0 Å². The Morgan fingerprint density at radius 1 is 1.41 bits per heavy atom. The molecule has 0 aliphatic carbocycles. The lowest BCUT2D eigenvalue weighted by molar-refractivity contribution is 0.318. The molecule has 0 amide bonds. The zero-order valence-electron chi connectivity index (χ0n) is 8.82. The highest BCUT2D eigenvalue weighted by molar-refractivity contribution is 5.96. The number of rotatable bonds is 2. The largest absolute Gasteiger partial charge is 0.409 e. The average molecular weight is 230 g/mol. The fourth-order valence-electron chi connectivity index (χ4n) is 1.44. The van der Waals surface area contributed by atoms with Gasteiger partial charge in [-0.3, -0.25) is 14.3 Å². The summed E-state index contributed by atoms with van der Waals surface area (Å²) in [6, 6.07) is 6.59. The van der Waals surface area contributed by atoms with Crippen molar-refractivity contribution in [2.45, 2.75) is 0 Å². The van der Waals surface area contributed by atoms with Gasteiger partial charge in [0.2, 0.25) is 0 Å². The molecule has 0 aromatic carbocycles. The summed E-state index contributed by atoms with van der Waals surface area (Å²) in [5.41, 5.74) is 5.80. The Labute approximate surface area is 96.6 Å². The van der Waals surface area contributed by atoms with Crippen LogP contribution in [0.1, 0.15) is 5.56 Å². The van der Waals surface area contributed by atoms with Gasteiger partial charge in [0.25, 0.3) is 5.56 Å². The van der Waals surface area contributed by atoms with E-state index < -0.39 is 0 Å². The predicted octanol–water partition coefficient (Wildman–Crippen LogP) is 0.327. The highest BCUT2D eigenvalue weighted by atomic mass is 16.4. The number of hydrogen-bond donors (Lipinski definition) is 2. The lowest BCUT2D eigenvalue weighted by Crippen LogP contribution is -2.28. The second-order valence-corrected chi connectivity index (χ2v) is 3.29. The Morgan fingerprint density at radius 3 is 2.88 bits per heavy atom. The topological polar surface area (TPSA) is 93.5 Å². The molecule has 86 valence electrons. The molecule has 0 bridgehead atoms. The van der Waals surface area contributed by atoms with E-state index in [1.165, 1.54) is 10.6 Å². The van der Waals surface area contributed by atoms with Crippen molar-refractivity contribution in [1.29, 1.82) is 0 Å². The third-order valence-corrected chi connectivity index (χ3v) is 2.26. The van der Waals surface area contributed by atoms with Crippen molar-refractivity contribution in [3.63, 3.8) is 0 Å². The normalized spacial score (nSPS) is 11.4. The molecule has 6 nitrogen and oxygen atoms in total. The average Bonchev–Trinajstić information content (AvgIpc) is 2.39. The second-order valence-electron chi connectivity index (χ2n) is 3.29. The molecule has 2 rings (SSSR count). The number of aromatic nitrogens is 2. The minimum absolute atomic E-state index is 0.138. The Balaban J connectivity index is 2.63. The van der Waals surface area contributed by atoms with Gasteiger partial charge in [0.1, 0.15) is 0 Å². The molecule has 6 heteroatoms. The molecule has 0 atom stereocenters. The summed E-state index contributed by atoms with van der Waals surface area (Å²) >= 11 is 0. The van der Waals surface area contributed by atoms with Crippen molar-refractivity contribution < 1.29 is 5.21 Å². The first-order valence-corrected chi connectivity index (χ1v) is 4.84. The molecular weight excluding hydrogens is 220 g/mol. The summed E-state index contributed by atoms with van der Waals surface area (Å²) in [4.78, 5) is 16.0. The molecule has 0 aliphatic rings. The van der Waals surface area contributed by atoms with E-state index in [0.29, 0.717) is 5.69 Å². The summed E-state index contributed by atoms with van der Waals surface area (Å²) in [6.45, 7) is 0. The zero-order chi connectivity index (χ0) is 12.3. The summed E-state index contributed by atoms with van der Waals surface area (Å²) in [5, 5.41) is 11.4. The molecule has 0 fully saturated rings. The fourth-order valence-corrected chi connectivity index (χ4v) is 1.44. The van der Waals surface area contributed by atoms with E-state index >= 15 is 0 Å². The minimum Gasteiger partial charge on any atom is -0.409 e. The lowest BCUT2D eigenvalue weighted by atomic mass is 10.2. The third kappa shape index (κ3) is 2.00. The fraction of sp³-hybridized carbons (Fsp3) is 0. The Kier molecular flexibility index (Phi) is 2.87. The Hall–Kier alpha value is -2.63. The van der Waals surface area contributed by atoms with Gasteiger partial charge in [-0.25, -0.2) is 0 Å². The van der Waals surface area contributed by atoms with Crippen LogP contribution >= 0.6 is 0 Å². The van der Waals surface area contributed by atoms with Crippen LogP contribution in [0.3, 0.4) is 0 Å². The summed E-state index contributed by atoms with van der Waals surface area (Å²) < 4.78 is 1.38. The van der Waals surface area contributed by atoms with Gasteiger partial charge < -0.3 is 10.9 Å². The predicted molar refractivity (Wildman–Crippen MR) is 62.3 cm³/mol. The van der Waals surface area contributed by atoms with E-state index in [2.05, 4.69) is 10.1 Å². The van der Waals surface area contributed by atoms with Gasteiger partial charge in [-0.2, -0.15) is 0 Å². The van der Waals surface area contributed by atoms with Gasteiger partial charge in [-0.05, 0) is 24.3 Å². The van der Waals surface area contributed by atoms with Crippen molar-refractivity contribution in [1.82, 2.24) is 9.55 Å². The molecule has 2 heterocycles. The van der Waals surface area contributed by atoms with Crippen molar-refractivity contribution in [3.8, 4) is 5.69 Å². The van der Waals surface area contributed by atoms with E-state index in [-0.39, 0.29) is 17.0 Å². The molecule has 0 unspecified atom stereocenters. The lowest BCUT2D eigenvalue weighted by Gasteiger charge is -2.06. The molecule has 0 saturated heterocycles. The number of pyridine rings is 2. The number of amidine groups is 1. The molecule has 3 N–H and O–H groups in total. The second kappa shape index (κ2) is 4.48. The molecule has 2 aromatic rings. The molecule has 0 radical (unpaired) electrons. The van der Waals surface area contributed by atoms with Crippen LogP contribution in [-0.4, -0.2) is 20.6 Å². The highest BCUT2D eigenvalue weighted by Gasteiger charge is 2.08. The van der Waals surface area contributed by atoms with Gasteiger partial charge >= 0.3 is 0 Å². The first kappa shape index (κ1) is 10.9. The molecule has 17 heavy (non-hydrogen) atoms. The smallest absolute Gasteiger partial charge is 0.266 e. The van der Waals surface area contributed by atoms with Crippen LogP contribution in [0.5, 0.6) is 0 Å². The minimum atomic E-state index is -0.365. The van der Waals surface area contributed by atoms with E-state index in [1.807, 2.05) is 0 Å². The Morgan fingerprint density at radius 2 is 2.24 bits per heavy atom. The maximum Gasteiger partial charge on any atom is 0.266 e. The number of nitrogens with zero attached hydrogens (tertiary/aromatic N) is 3. The third-order valence-electron chi connectivity index (χ3n) is 2.26. The summed E-state index contributed by atoms with van der Waals surface area (Å²) in [5.74, 6) is -0.215. The molecule has 0 saturated carbocycles. The SMILES string of the molecule is NC(=NO)c1cccn(-c2cccnc2)c1=O. The van der Waals surface area contributed by atoms with Gasteiger partial charge in [0.05, 0.1) is 17.4 Å². The quantitative estimate of drug-likeness (QED) is 0.336. The van der Waals surface area contributed by atoms with E-state index in [0.717, 1.165) is 0 Å². The molecule has 0 aliphatic heterocycles. The maximum absolute atomic E-state index is 12.0. The summed E-state index contributed by atoms with van der Waals surface area (Å²) in [6.07, 6.45) is 4.76.